The number of hydrogen-bond acceptors (Lipinski definition) is 0. The first-order valence-corrected chi connectivity index (χ1v) is 1.68. The van der Waals surface area contributed by atoms with Gasteiger partial charge in [0.15, 0.2) is 6.21 Å². The largest absolute Gasteiger partial charge is 0.271 e. The summed E-state index contributed by atoms with van der Waals surface area (Å²) in [5.41, 5.74) is 2.77. The van der Waals surface area contributed by atoms with Crippen molar-refractivity contribution in [2.24, 2.45) is 0 Å². The molecule has 1 aliphatic rings. The van der Waals surface area contributed by atoms with Crippen molar-refractivity contribution in [3.8, 4) is 0 Å². The van der Waals surface area contributed by atoms with E-state index in [0.29, 0.717) is 0 Å². The van der Waals surface area contributed by atoms with Gasteiger partial charge in [-0.1, -0.05) is 12.2 Å². The third kappa shape index (κ3) is 0.467. The van der Waals surface area contributed by atoms with E-state index in [1.54, 1.807) is 18.4 Å². The average Bonchev–Trinajstić information content (AvgIpc) is 1.72. The van der Waals surface area contributed by atoms with Gasteiger partial charge in [0.1, 0.15) is 0 Å². The maximum Gasteiger partial charge on any atom is 0.256 e. The molecular formula is C5H3N. The van der Waals surface area contributed by atoms with Gasteiger partial charge in [0.05, 0.1) is 0 Å². The van der Waals surface area contributed by atoms with Crippen LogP contribution >= 0.6 is 0 Å². The van der Waals surface area contributed by atoms with E-state index in [-0.39, 0.29) is 0 Å². The van der Waals surface area contributed by atoms with Crippen molar-refractivity contribution in [1.29, 1.82) is 0 Å². The van der Waals surface area contributed by atoms with Crippen molar-refractivity contribution in [2.75, 3.05) is 0 Å². The second-order valence-electron chi connectivity index (χ2n) is 0.885. The second kappa shape index (κ2) is 1.42. The minimum Gasteiger partial charge on any atom is -0.271 e. The van der Waals surface area contributed by atoms with Gasteiger partial charge in [-0.05, 0) is 0 Å². The third-order valence-corrected chi connectivity index (χ3v) is 0.468. The Kier molecular flexibility index (Phi) is 0.749. The molecule has 0 radical (unpaired) electrons. The van der Waals surface area contributed by atoms with Crippen LogP contribution in [-0.4, -0.2) is 12.4 Å². The lowest BCUT2D eigenvalue weighted by molar-refractivity contribution is 1.73. The summed E-state index contributed by atoms with van der Waals surface area (Å²) < 4.78 is 3.63. The fourth-order valence-electron chi connectivity index (χ4n) is 0.246. The molecule has 0 bridgehead atoms. The van der Waals surface area contributed by atoms with Gasteiger partial charge in [-0.3, -0.25) is 5.73 Å². The van der Waals surface area contributed by atoms with Gasteiger partial charge < -0.3 is 0 Å². The summed E-state index contributed by atoms with van der Waals surface area (Å²) in [6, 6.07) is 0. The lowest BCUT2D eigenvalue weighted by atomic mass is 10.5. The molecule has 0 aromatic heterocycles. The molecule has 0 fully saturated rings. The van der Waals surface area contributed by atoms with Crippen molar-refractivity contribution in [3.63, 3.8) is 0 Å². The zero-order valence-corrected chi connectivity index (χ0v) is 3.18. The fourth-order valence-corrected chi connectivity index (χ4v) is 0.246. The summed E-state index contributed by atoms with van der Waals surface area (Å²) >= 11 is 0. The topological polar surface area (TPSA) is 14.1 Å². The Labute approximate surface area is 36.1 Å². The van der Waals surface area contributed by atoms with Crippen LogP contribution in [0.5, 0.6) is 0 Å². The molecule has 0 atom stereocenters. The summed E-state index contributed by atoms with van der Waals surface area (Å²) in [4.78, 5) is 0. The van der Waals surface area contributed by atoms with Crippen LogP contribution in [0.25, 0.3) is 0 Å². The molecule has 0 unspecified atom stereocenters. The van der Waals surface area contributed by atoms with E-state index in [1.807, 2.05) is 0 Å². The van der Waals surface area contributed by atoms with Crippen LogP contribution in [0.3, 0.4) is 0 Å². The zero-order chi connectivity index (χ0) is 4.24. The van der Waals surface area contributed by atoms with Crippen molar-refractivity contribution in [1.82, 2.24) is 4.67 Å². The van der Waals surface area contributed by atoms with Crippen molar-refractivity contribution < 1.29 is 0 Å². The molecule has 6 heavy (non-hydrogen) atoms. The lowest BCUT2D eigenvalue weighted by Crippen LogP contribution is -1.77. The molecule has 1 heterocycles. The minimum absolute atomic E-state index is 1.64. The highest BCUT2D eigenvalue weighted by Gasteiger charge is 1.63. The Hall–Kier alpha value is -1.03. The number of hydrogen-bond donors (Lipinski definition) is 0. The highest BCUT2D eigenvalue weighted by atomic mass is 14.5. The van der Waals surface area contributed by atoms with E-state index in [9.17, 15) is 0 Å². The Balaban J connectivity index is 3.00. The molecule has 0 amide bonds. The van der Waals surface area contributed by atoms with Crippen LogP contribution in [0.15, 0.2) is 17.9 Å². The Morgan fingerprint density at radius 3 is 2.83 bits per heavy atom. The quantitative estimate of drug-likeness (QED) is 0.216. The van der Waals surface area contributed by atoms with Crippen LogP contribution in [0, 0.1) is 0 Å². The van der Waals surface area contributed by atoms with Gasteiger partial charge in [-0.25, -0.2) is 4.67 Å². The lowest BCUT2D eigenvalue weighted by Gasteiger charge is -1.64. The van der Waals surface area contributed by atoms with E-state index < -0.39 is 0 Å². The molecule has 0 N–H and O–H groups in total. The standard InChI is InChI=1S/C5H3N/c1-2-4-6-5-3-1/h2-4H. The van der Waals surface area contributed by atoms with E-state index in [2.05, 4.69) is 16.6 Å². The highest BCUT2D eigenvalue weighted by molar-refractivity contribution is 5.82. The van der Waals surface area contributed by atoms with Gasteiger partial charge in [-0.2, -0.15) is 0 Å². The average molecular weight is 77.1 g/mol. The van der Waals surface area contributed by atoms with Gasteiger partial charge >= 0.3 is 0 Å². The molecule has 1 heteroatoms. The van der Waals surface area contributed by atoms with Gasteiger partial charge in [0.2, 0.25) is 0 Å². The van der Waals surface area contributed by atoms with Crippen molar-refractivity contribution >= 4 is 12.4 Å². The highest BCUT2D eigenvalue weighted by Crippen LogP contribution is 1.59. The predicted molar refractivity (Wildman–Crippen MR) is 25.9 cm³/mol. The van der Waals surface area contributed by atoms with Gasteiger partial charge in [0, 0.05) is 0 Å². The third-order valence-electron chi connectivity index (χ3n) is 0.468. The summed E-state index contributed by atoms with van der Waals surface area (Å²) in [5.74, 6) is 0. The Morgan fingerprint density at radius 1 is 1.67 bits per heavy atom. The van der Waals surface area contributed by atoms with Gasteiger partial charge in [-0.15, -0.1) is 0 Å². The zero-order valence-electron chi connectivity index (χ0n) is 3.18. The summed E-state index contributed by atoms with van der Waals surface area (Å²) in [6.07, 6.45) is 7.60. The van der Waals surface area contributed by atoms with Crippen LogP contribution < -0.4 is 4.67 Å². The summed E-state index contributed by atoms with van der Waals surface area (Å²) in [7, 11) is 0. The fraction of sp³-hybridized carbons (Fsp3) is 0. The van der Waals surface area contributed by atoms with E-state index in [1.165, 1.54) is 0 Å². The van der Waals surface area contributed by atoms with E-state index in [4.69, 9.17) is 0 Å². The van der Waals surface area contributed by atoms with E-state index >= 15 is 0 Å². The van der Waals surface area contributed by atoms with Crippen molar-refractivity contribution in [3.05, 3.63) is 17.9 Å². The van der Waals surface area contributed by atoms with Crippen molar-refractivity contribution in [2.45, 2.75) is 0 Å². The maximum absolute atomic E-state index is 3.63. The van der Waals surface area contributed by atoms with Crippen LogP contribution in [0.4, 0.5) is 0 Å². The first kappa shape index (κ1) is 3.17. The molecule has 1 aliphatic heterocycles. The molecule has 0 saturated heterocycles. The number of allylic oxidation sites excluding steroid dienone is 1. The number of nitrogens with zero attached hydrogens (tertiary/aromatic N) is 1. The van der Waals surface area contributed by atoms with Crippen LogP contribution in [0.1, 0.15) is 0 Å². The second-order valence-corrected chi connectivity index (χ2v) is 0.885. The Morgan fingerprint density at radius 2 is 2.67 bits per heavy atom. The van der Waals surface area contributed by atoms with Crippen LogP contribution in [0.2, 0.25) is 0 Å². The SMILES string of the molecule is C1=C[C-]=[N+]=CC=1. The summed E-state index contributed by atoms with van der Waals surface area (Å²) in [5, 5.41) is 0. The first-order chi connectivity index (χ1) is 3.00. The molecule has 0 spiro atoms. The first-order valence-electron chi connectivity index (χ1n) is 1.68. The molecule has 28 valence electrons. The molecule has 0 aliphatic carbocycles. The van der Waals surface area contributed by atoms with E-state index in [0.717, 1.165) is 0 Å². The molecule has 0 aromatic rings. The molecule has 1 nitrogen and oxygen atoms in total. The molecular weight excluding hydrogens is 74.1 g/mol. The predicted octanol–water partition coefficient (Wildman–Crippen LogP) is -0.203. The molecule has 0 saturated carbocycles. The minimum atomic E-state index is 1.64. The Bertz CT molecular complexity index is 121. The smallest absolute Gasteiger partial charge is 0.256 e. The molecule has 1 rings (SSSR count). The summed E-state index contributed by atoms with van der Waals surface area (Å²) in [6.45, 7) is 0. The van der Waals surface area contributed by atoms with Gasteiger partial charge in [0.25, 0.3) is 6.21 Å². The molecule has 0 aromatic carbocycles. The number of rotatable bonds is 0. The maximum atomic E-state index is 3.63. The normalized spacial score (nSPS) is 13.3. The monoisotopic (exact) mass is 77.0 g/mol. The van der Waals surface area contributed by atoms with Crippen LogP contribution in [-0.2, 0) is 0 Å².